The summed E-state index contributed by atoms with van der Waals surface area (Å²) >= 11 is 1.76. The number of carbonyl (C=O) groups is 1. The van der Waals surface area contributed by atoms with Crippen molar-refractivity contribution in [2.75, 3.05) is 27.2 Å². The van der Waals surface area contributed by atoms with Gasteiger partial charge in [0.2, 0.25) is 5.82 Å². The Balaban J connectivity index is 1.66. The van der Waals surface area contributed by atoms with Gasteiger partial charge in [-0.15, -0.1) is 16.4 Å². The fourth-order valence-corrected chi connectivity index (χ4v) is 4.95. The Kier molecular flexibility index (Phi) is 4.62. The highest BCUT2D eigenvalue weighted by atomic mass is 32.1. The Bertz CT molecular complexity index is 960. The number of thiophene rings is 1. The smallest absolute Gasteiger partial charge is 0.290 e. The van der Waals surface area contributed by atoms with Crippen molar-refractivity contribution in [2.45, 2.75) is 38.5 Å². The molecule has 7 nitrogen and oxygen atoms in total. The monoisotopic (exact) mass is 372 g/mol. The van der Waals surface area contributed by atoms with Gasteiger partial charge in [0.05, 0.1) is 5.39 Å². The second-order valence-electron chi connectivity index (χ2n) is 7.27. The molecule has 1 N–H and O–H groups in total. The zero-order valence-electron chi connectivity index (χ0n) is 15.4. The molecule has 0 bridgehead atoms. The molecule has 8 heteroatoms. The summed E-state index contributed by atoms with van der Waals surface area (Å²) in [4.78, 5) is 26.0. The van der Waals surface area contributed by atoms with E-state index < -0.39 is 0 Å². The number of fused-ring (bicyclic) bond motifs is 5. The molecule has 0 fully saturated rings. The fraction of sp³-hybridized carbons (Fsp3) is 0.556. The summed E-state index contributed by atoms with van der Waals surface area (Å²) in [6, 6.07) is 0. The number of aromatic nitrogens is 4. The maximum Gasteiger partial charge on any atom is 0.290 e. The molecule has 0 unspecified atom stereocenters. The summed E-state index contributed by atoms with van der Waals surface area (Å²) in [5.41, 5.74) is 2.11. The molecule has 0 aliphatic heterocycles. The molecule has 0 spiro atoms. The molecule has 0 saturated heterocycles. The Morgan fingerprint density at radius 2 is 2.31 bits per heavy atom. The van der Waals surface area contributed by atoms with E-state index in [0.29, 0.717) is 12.5 Å². The molecule has 0 aromatic carbocycles. The van der Waals surface area contributed by atoms with E-state index in [2.05, 4.69) is 32.2 Å². The van der Waals surface area contributed by atoms with Crippen molar-refractivity contribution in [3.63, 3.8) is 0 Å². The SMILES string of the molecule is C[C@H]1CCCc2sc3ncn4nc(C(=O)NCCCN(C)C)nc4c3c21. The lowest BCUT2D eigenvalue weighted by atomic mass is 9.87. The van der Waals surface area contributed by atoms with Crippen molar-refractivity contribution in [1.29, 1.82) is 0 Å². The van der Waals surface area contributed by atoms with Crippen molar-refractivity contribution >= 4 is 33.1 Å². The maximum absolute atomic E-state index is 12.4. The highest BCUT2D eigenvalue weighted by Gasteiger charge is 2.25. The number of amides is 1. The zero-order valence-corrected chi connectivity index (χ0v) is 16.3. The summed E-state index contributed by atoms with van der Waals surface area (Å²) in [6.07, 6.45) is 6.09. The Hall–Kier alpha value is -2.06. The number of rotatable bonds is 5. The van der Waals surface area contributed by atoms with Gasteiger partial charge in [0.25, 0.3) is 5.91 Å². The van der Waals surface area contributed by atoms with Crippen LogP contribution in [-0.4, -0.2) is 57.6 Å². The average molecular weight is 372 g/mol. The molecule has 1 aliphatic rings. The van der Waals surface area contributed by atoms with Gasteiger partial charge in [-0.2, -0.15) is 0 Å². The number of carbonyl (C=O) groups excluding carboxylic acids is 1. The fourth-order valence-electron chi connectivity index (χ4n) is 3.66. The summed E-state index contributed by atoms with van der Waals surface area (Å²) in [5.74, 6) is 0.492. The van der Waals surface area contributed by atoms with Gasteiger partial charge in [-0.05, 0) is 57.8 Å². The van der Waals surface area contributed by atoms with E-state index in [1.807, 2.05) is 14.1 Å². The molecule has 4 rings (SSSR count). The van der Waals surface area contributed by atoms with Crippen LogP contribution >= 0.6 is 11.3 Å². The van der Waals surface area contributed by atoms with Crippen LogP contribution in [0.25, 0.3) is 15.9 Å². The van der Waals surface area contributed by atoms with Crippen LogP contribution in [0.1, 0.15) is 53.2 Å². The van der Waals surface area contributed by atoms with Crippen LogP contribution in [0.15, 0.2) is 6.33 Å². The highest BCUT2D eigenvalue weighted by molar-refractivity contribution is 7.19. The Morgan fingerprint density at radius 3 is 3.12 bits per heavy atom. The van der Waals surface area contributed by atoms with Crippen LogP contribution in [0.2, 0.25) is 0 Å². The average Bonchev–Trinajstić information content (AvgIpc) is 3.19. The van der Waals surface area contributed by atoms with Crippen molar-refractivity contribution in [3.8, 4) is 0 Å². The molecule has 3 heterocycles. The summed E-state index contributed by atoms with van der Waals surface area (Å²) in [5, 5.41) is 8.34. The number of nitrogens with zero attached hydrogens (tertiary/aromatic N) is 5. The molecule has 1 aliphatic carbocycles. The maximum atomic E-state index is 12.4. The normalized spacial score (nSPS) is 17.2. The Labute approximate surface area is 156 Å². The molecule has 0 saturated carbocycles. The van der Waals surface area contributed by atoms with Crippen molar-refractivity contribution in [3.05, 3.63) is 22.6 Å². The molecular weight excluding hydrogens is 348 g/mol. The number of hydrogen-bond acceptors (Lipinski definition) is 6. The van der Waals surface area contributed by atoms with Gasteiger partial charge in [0, 0.05) is 11.4 Å². The highest BCUT2D eigenvalue weighted by Crippen LogP contribution is 2.42. The van der Waals surface area contributed by atoms with Crippen LogP contribution in [0.3, 0.4) is 0 Å². The molecule has 3 aromatic rings. The van der Waals surface area contributed by atoms with Gasteiger partial charge >= 0.3 is 0 Å². The first-order chi connectivity index (χ1) is 12.5. The molecule has 1 atom stereocenters. The van der Waals surface area contributed by atoms with E-state index in [4.69, 9.17) is 0 Å². The molecule has 1 amide bonds. The van der Waals surface area contributed by atoms with Crippen molar-refractivity contribution in [1.82, 2.24) is 29.8 Å². The zero-order chi connectivity index (χ0) is 18.3. The minimum atomic E-state index is -0.224. The topological polar surface area (TPSA) is 75.4 Å². The largest absolute Gasteiger partial charge is 0.349 e. The first-order valence-corrected chi connectivity index (χ1v) is 9.96. The first-order valence-electron chi connectivity index (χ1n) is 9.14. The molecular formula is C18H24N6OS. The van der Waals surface area contributed by atoms with Gasteiger partial charge in [0.15, 0.2) is 5.65 Å². The van der Waals surface area contributed by atoms with Crippen LogP contribution in [0, 0.1) is 0 Å². The summed E-state index contributed by atoms with van der Waals surface area (Å²) in [6.45, 7) is 3.82. The minimum absolute atomic E-state index is 0.215. The third-order valence-electron chi connectivity index (χ3n) is 4.95. The van der Waals surface area contributed by atoms with Crippen LogP contribution in [0.5, 0.6) is 0 Å². The molecule has 138 valence electrons. The van der Waals surface area contributed by atoms with Crippen molar-refractivity contribution in [2.24, 2.45) is 0 Å². The second kappa shape index (κ2) is 6.92. The van der Waals surface area contributed by atoms with Gasteiger partial charge < -0.3 is 10.2 Å². The predicted octanol–water partition coefficient (Wildman–Crippen LogP) is 2.46. The van der Waals surface area contributed by atoms with E-state index in [1.165, 1.54) is 23.3 Å². The third-order valence-corrected chi connectivity index (χ3v) is 6.12. The number of hydrogen-bond donors (Lipinski definition) is 1. The summed E-state index contributed by atoms with van der Waals surface area (Å²) in [7, 11) is 4.04. The van der Waals surface area contributed by atoms with Gasteiger partial charge in [-0.25, -0.2) is 14.5 Å². The lowest BCUT2D eigenvalue weighted by Crippen LogP contribution is -2.28. The van der Waals surface area contributed by atoms with Crippen LogP contribution in [-0.2, 0) is 6.42 Å². The van der Waals surface area contributed by atoms with Gasteiger partial charge in [-0.3, -0.25) is 4.79 Å². The quantitative estimate of drug-likeness (QED) is 0.696. The minimum Gasteiger partial charge on any atom is -0.349 e. The lowest BCUT2D eigenvalue weighted by molar-refractivity contribution is 0.0942. The van der Waals surface area contributed by atoms with E-state index in [0.717, 1.165) is 35.3 Å². The van der Waals surface area contributed by atoms with Gasteiger partial charge in [-0.1, -0.05) is 6.92 Å². The van der Waals surface area contributed by atoms with Crippen molar-refractivity contribution < 1.29 is 4.79 Å². The molecule has 26 heavy (non-hydrogen) atoms. The van der Waals surface area contributed by atoms with E-state index >= 15 is 0 Å². The molecule has 3 aromatic heterocycles. The lowest BCUT2D eigenvalue weighted by Gasteiger charge is -2.18. The number of aryl methyl sites for hydroxylation is 1. The van der Waals surface area contributed by atoms with E-state index in [-0.39, 0.29) is 11.7 Å². The second-order valence-corrected chi connectivity index (χ2v) is 8.36. The Morgan fingerprint density at radius 1 is 1.46 bits per heavy atom. The third kappa shape index (κ3) is 3.07. The van der Waals surface area contributed by atoms with Crippen LogP contribution < -0.4 is 5.32 Å². The first kappa shape index (κ1) is 17.4. The number of nitrogens with one attached hydrogen (secondary N) is 1. The van der Waals surface area contributed by atoms with Gasteiger partial charge in [0.1, 0.15) is 11.2 Å². The standard InChI is InChI=1S/C18H24N6OS/c1-11-6-4-7-12-13(11)14-16-21-15(17(25)19-8-5-9-23(2)3)22-24(16)10-20-18(14)26-12/h10-11H,4-9H2,1-3H3,(H,19,25)/t11-/m0/s1. The van der Waals surface area contributed by atoms with Crippen LogP contribution in [0.4, 0.5) is 0 Å². The molecule has 0 radical (unpaired) electrons. The van der Waals surface area contributed by atoms with E-state index in [1.54, 1.807) is 22.2 Å². The summed E-state index contributed by atoms with van der Waals surface area (Å²) < 4.78 is 1.64. The van der Waals surface area contributed by atoms with E-state index in [9.17, 15) is 4.79 Å². The predicted molar refractivity (Wildman–Crippen MR) is 103 cm³/mol.